The van der Waals surface area contributed by atoms with Crippen LogP contribution in [0.15, 0.2) is 77.7 Å². The van der Waals surface area contributed by atoms with E-state index >= 15 is 0 Å². The third-order valence-electron chi connectivity index (χ3n) is 5.66. The molecule has 0 aliphatic carbocycles. The second-order valence-corrected chi connectivity index (χ2v) is 10.2. The van der Waals surface area contributed by atoms with Gasteiger partial charge in [-0.1, -0.05) is 42.5 Å². The lowest BCUT2D eigenvalue weighted by molar-refractivity contribution is 0.0995. The number of nitrogens with zero attached hydrogens (tertiary/aromatic N) is 1. The van der Waals surface area contributed by atoms with Gasteiger partial charge in [-0.3, -0.25) is 10.7 Å². The number of hydrogen-bond acceptors (Lipinski definition) is 7. The quantitative estimate of drug-likeness (QED) is 0.306. The summed E-state index contributed by atoms with van der Waals surface area (Å²) in [6, 6.07) is 20.9. The number of anilines is 2. The number of rotatable bonds is 6. The molecule has 9 nitrogen and oxygen atoms in total. The third kappa shape index (κ3) is 5.79. The molecule has 1 atom stereocenters. The monoisotopic (exact) mass is 493 g/mol. The summed E-state index contributed by atoms with van der Waals surface area (Å²) in [6.07, 6.45) is 0.0138. The number of ether oxygens (including phenoxy) is 1. The number of nitrogens with one attached hydrogen (secondary N) is 3. The fourth-order valence-corrected chi connectivity index (χ4v) is 4.88. The number of hydrogen-bond donors (Lipinski definition) is 4. The molecule has 1 fully saturated rings. The van der Waals surface area contributed by atoms with Crippen molar-refractivity contribution in [2.45, 2.75) is 11.1 Å². The Bertz CT molecular complexity index is 1340. The normalized spacial score (nSPS) is 15.9. The van der Waals surface area contributed by atoms with Crippen LogP contribution in [0, 0.1) is 5.41 Å². The van der Waals surface area contributed by atoms with E-state index in [-0.39, 0.29) is 10.7 Å². The maximum absolute atomic E-state index is 12.7. The van der Waals surface area contributed by atoms with Crippen LogP contribution in [0.4, 0.5) is 16.2 Å². The summed E-state index contributed by atoms with van der Waals surface area (Å²) in [4.78, 5) is 14.9. The topological polar surface area (TPSA) is 138 Å². The van der Waals surface area contributed by atoms with E-state index < -0.39 is 22.2 Å². The number of nitrogens with two attached hydrogens (primary N) is 1. The van der Waals surface area contributed by atoms with Crippen LogP contribution < -0.4 is 21.3 Å². The van der Waals surface area contributed by atoms with Crippen molar-refractivity contribution in [2.75, 3.05) is 36.1 Å². The van der Waals surface area contributed by atoms with Crippen LogP contribution in [0.3, 0.4) is 0 Å². The van der Waals surface area contributed by atoms with Gasteiger partial charge in [0.15, 0.2) is 16.1 Å². The molecular formula is C25H27N5O4S. The molecule has 3 aromatic rings. The predicted octanol–water partition coefficient (Wildman–Crippen LogP) is 3.03. The largest absolute Gasteiger partial charge is 0.424 e. The number of nitrogen functional groups attached to an aromatic ring is 1. The molecule has 1 saturated heterocycles. The fourth-order valence-electron chi connectivity index (χ4n) is 3.96. The van der Waals surface area contributed by atoms with Crippen molar-refractivity contribution >= 4 is 33.1 Å². The van der Waals surface area contributed by atoms with E-state index in [9.17, 15) is 13.2 Å². The molecule has 1 aliphatic rings. The molecule has 4 rings (SSSR count). The molecule has 0 saturated carbocycles. The Labute approximate surface area is 204 Å². The van der Waals surface area contributed by atoms with Crippen molar-refractivity contribution < 1.29 is 17.9 Å². The lowest BCUT2D eigenvalue weighted by Gasteiger charge is -2.37. The predicted molar refractivity (Wildman–Crippen MR) is 137 cm³/mol. The molecule has 35 heavy (non-hydrogen) atoms. The minimum Gasteiger partial charge on any atom is -0.424 e. The molecule has 0 bridgehead atoms. The lowest BCUT2D eigenvalue weighted by atomic mass is 10.1. The standard InChI is InChI=1S/C25H27N5O4S/c1-35(32,33)22-8-3-2-7-21(22)17-9-11-19(12-10-17)29-25(31)34-23-16-28-13-14-30(23)20-6-4-5-18(15-20)24(26)27/h2-12,15,23,28H,13-14,16H2,1H3,(H3,26,27)(H,29,31). The molecule has 1 heterocycles. The Morgan fingerprint density at radius 1 is 1.11 bits per heavy atom. The first kappa shape index (κ1) is 24.2. The maximum Gasteiger partial charge on any atom is 0.413 e. The van der Waals surface area contributed by atoms with Crippen LogP contribution in [-0.2, 0) is 14.6 Å². The highest BCUT2D eigenvalue weighted by Gasteiger charge is 2.26. The van der Waals surface area contributed by atoms with Gasteiger partial charge in [-0.05, 0) is 35.9 Å². The van der Waals surface area contributed by atoms with Gasteiger partial charge in [0.05, 0.1) is 11.4 Å². The SMILES string of the molecule is CS(=O)(=O)c1ccccc1-c1ccc(NC(=O)OC2CNCCN2c2cccc(C(=N)N)c2)cc1. The van der Waals surface area contributed by atoms with Gasteiger partial charge in [0.2, 0.25) is 0 Å². The van der Waals surface area contributed by atoms with Gasteiger partial charge in [-0.15, -0.1) is 0 Å². The minimum atomic E-state index is -3.38. The molecular weight excluding hydrogens is 466 g/mol. The van der Waals surface area contributed by atoms with Crippen LogP contribution in [0.2, 0.25) is 0 Å². The van der Waals surface area contributed by atoms with Crippen molar-refractivity contribution in [3.8, 4) is 11.1 Å². The highest BCUT2D eigenvalue weighted by Crippen LogP contribution is 2.28. The highest BCUT2D eigenvalue weighted by atomic mass is 32.2. The van der Waals surface area contributed by atoms with E-state index in [0.29, 0.717) is 29.9 Å². The number of carbonyl (C=O) groups excluding carboxylic acids is 1. The smallest absolute Gasteiger partial charge is 0.413 e. The Balaban J connectivity index is 1.46. The van der Waals surface area contributed by atoms with Gasteiger partial charge in [-0.2, -0.15) is 0 Å². The number of amidine groups is 1. The van der Waals surface area contributed by atoms with Crippen molar-refractivity contribution in [3.63, 3.8) is 0 Å². The van der Waals surface area contributed by atoms with Gasteiger partial charge in [0.1, 0.15) is 5.84 Å². The molecule has 0 spiro atoms. The van der Waals surface area contributed by atoms with Crippen LogP contribution >= 0.6 is 0 Å². The molecule has 182 valence electrons. The summed E-state index contributed by atoms with van der Waals surface area (Å²) in [5, 5.41) is 13.6. The average Bonchev–Trinajstić information content (AvgIpc) is 2.84. The molecule has 5 N–H and O–H groups in total. The zero-order chi connectivity index (χ0) is 25.0. The van der Waals surface area contributed by atoms with Gasteiger partial charge in [0.25, 0.3) is 0 Å². The zero-order valence-electron chi connectivity index (χ0n) is 19.2. The van der Waals surface area contributed by atoms with Crippen molar-refractivity contribution in [1.82, 2.24) is 5.32 Å². The zero-order valence-corrected chi connectivity index (χ0v) is 20.0. The average molecular weight is 494 g/mol. The van der Waals surface area contributed by atoms with E-state index in [2.05, 4.69) is 10.6 Å². The maximum atomic E-state index is 12.7. The van der Waals surface area contributed by atoms with Gasteiger partial charge >= 0.3 is 6.09 Å². The first-order valence-corrected chi connectivity index (χ1v) is 12.9. The second-order valence-electron chi connectivity index (χ2n) is 8.19. The summed E-state index contributed by atoms with van der Waals surface area (Å²) < 4.78 is 29.9. The third-order valence-corrected chi connectivity index (χ3v) is 6.81. The van der Waals surface area contributed by atoms with Gasteiger partial charge in [-0.25, -0.2) is 13.2 Å². The second kappa shape index (κ2) is 10.2. The highest BCUT2D eigenvalue weighted by molar-refractivity contribution is 7.90. The Morgan fingerprint density at radius 2 is 1.86 bits per heavy atom. The van der Waals surface area contributed by atoms with Crippen molar-refractivity contribution in [1.29, 1.82) is 5.41 Å². The first-order chi connectivity index (χ1) is 16.7. The van der Waals surface area contributed by atoms with E-state index in [1.165, 1.54) is 6.26 Å². The van der Waals surface area contributed by atoms with Gasteiger partial charge < -0.3 is 20.7 Å². The molecule has 1 unspecified atom stereocenters. The Kier molecular flexibility index (Phi) is 7.04. The number of sulfone groups is 1. The fraction of sp³-hybridized carbons (Fsp3) is 0.200. The number of benzene rings is 3. The summed E-state index contributed by atoms with van der Waals surface area (Å²) in [6.45, 7) is 1.79. The van der Waals surface area contributed by atoms with Crippen molar-refractivity contribution in [2.24, 2.45) is 5.73 Å². The van der Waals surface area contributed by atoms with E-state index in [1.807, 2.05) is 17.0 Å². The Hall–Kier alpha value is -3.89. The molecule has 10 heteroatoms. The van der Waals surface area contributed by atoms with Crippen LogP contribution in [-0.4, -0.2) is 52.5 Å². The van der Waals surface area contributed by atoms with Crippen LogP contribution in [0.5, 0.6) is 0 Å². The minimum absolute atomic E-state index is 0.0280. The number of amides is 1. The summed E-state index contributed by atoms with van der Waals surface area (Å²) in [7, 11) is -3.38. The van der Waals surface area contributed by atoms with Crippen LogP contribution in [0.25, 0.3) is 11.1 Å². The number of carbonyl (C=O) groups is 1. The molecule has 0 aromatic heterocycles. The van der Waals surface area contributed by atoms with E-state index in [0.717, 1.165) is 17.8 Å². The lowest BCUT2D eigenvalue weighted by Crippen LogP contribution is -2.53. The molecule has 0 radical (unpaired) electrons. The summed E-state index contributed by atoms with van der Waals surface area (Å²) >= 11 is 0. The Morgan fingerprint density at radius 3 is 2.57 bits per heavy atom. The number of piperazine rings is 1. The van der Waals surface area contributed by atoms with E-state index in [1.54, 1.807) is 60.7 Å². The first-order valence-electron chi connectivity index (χ1n) is 11.0. The molecule has 1 amide bonds. The van der Waals surface area contributed by atoms with Gasteiger partial charge in [0, 0.05) is 41.8 Å². The summed E-state index contributed by atoms with van der Waals surface area (Å²) in [5.74, 6) is -0.0280. The van der Waals surface area contributed by atoms with E-state index in [4.69, 9.17) is 15.9 Å². The van der Waals surface area contributed by atoms with Crippen molar-refractivity contribution in [3.05, 3.63) is 78.4 Å². The molecule has 1 aliphatic heterocycles. The van der Waals surface area contributed by atoms with Crippen LogP contribution in [0.1, 0.15) is 5.56 Å². The molecule has 3 aromatic carbocycles. The summed E-state index contributed by atoms with van der Waals surface area (Å²) in [5.41, 5.74) is 8.86.